The Balaban J connectivity index is 1.58. The molecule has 16 heteroatoms. The van der Waals surface area contributed by atoms with E-state index in [4.69, 9.17) is 58.0 Å². The van der Waals surface area contributed by atoms with Crippen LogP contribution >= 0.6 is 58.0 Å². The summed E-state index contributed by atoms with van der Waals surface area (Å²) in [6, 6.07) is 9.69. The third kappa shape index (κ3) is 5.35. The van der Waals surface area contributed by atoms with E-state index in [1.54, 1.807) is 25.1 Å². The van der Waals surface area contributed by atoms with Crippen LogP contribution in [-0.4, -0.2) is 48.6 Å². The van der Waals surface area contributed by atoms with E-state index in [1.165, 1.54) is 34.9 Å². The van der Waals surface area contributed by atoms with Crippen molar-refractivity contribution in [1.29, 1.82) is 5.26 Å². The van der Waals surface area contributed by atoms with Gasteiger partial charge in [-0.05, 0) is 42.8 Å². The van der Waals surface area contributed by atoms with Gasteiger partial charge in [-0.2, -0.15) is 25.4 Å². The largest absolute Gasteiger partial charge is 0.355 e. The van der Waals surface area contributed by atoms with Crippen molar-refractivity contribution >= 4 is 86.5 Å². The minimum absolute atomic E-state index is 0.0201. The molecule has 0 bridgehead atoms. The molecule has 2 aromatic carbocycles. The highest BCUT2D eigenvalue weighted by molar-refractivity contribution is 6.54. The van der Waals surface area contributed by atoms with Crippen molar-refractivity contribution in [3.63, 3.8) is 0 Å². The number of pyridine rings is 1. The van der Waals surface area contributed by atoms with Crippen LogP contribution in [0.5, 0.6) is 0 Å². The van der Waals surface area contributed by atoms with Crippen molar-refractivity contribution in [3.8, 4) is 11.9 Å². The summed E-state index contributed by atoms with van der Waals surface area (Å²) in [5, 5.41) is 28.4. The van der Waals surface area contributed by atoms with Crippen molar-refractivity contribution in [3.05, 3.63) is 89.7 Å². The second-order valence-corrected chi connectivity index (χ2v) is 10.7. The Labute approximate surface area is 262 Å². The van der Waals surface area contributed by atoms with Gasteiger partial charge in [-0.15, -0.1) is 0 Å². The Bertz CT molecular complexity index is 1920. The summed E-state index contributed by atoms with van der Waals surface area (Å²) >= 11 is 31.3. The first kappa shape index (κ1) is 29.6. The van der Waals surface area contributed by atoms with Gasteiger partial charge >= 0.3 is 0 Å². The van der Waals surface area contributed by atoms with Crippen molar-refractivity contribution in [2.45, 2.75) is 13.5 Å². The number of nitrogens with one attached hydrogen (secondary N) is 2. The standard InChI is InChI=1S/C26H16Cl5N9O2/c1-11-6-12(9-32)7-14(25(41)33-2)21(11)35-26(42)16-8-13(36-40(16)24-15(27)4-3-5-34-24)10-39-37-22-19(30)17(28)18(29)20(31)23(22)38-39/h3-8H,10H2,1-2H3,(H,33,41)(H,35,42). The molecule has 0 radical (unpaired) electrons. The topological polar surface area (TPSA) is 143 Å². The Morgan fingerprint density at radius 1 is 0.952 bits per heavy atom. The summed E-state index contributed by atoms with van der Waals surface area (Å²) in [7, 11) is 1.45. The lowest BCUT2D eigenvalue weighted by Crippen LogP contribution is -2.24. The molecule has 0 spiro atoms. The maximum Gasteiger partial charge on any atom is 0.274 e. The number of carbonyl (C=O) groups is 2. The molecule has 3 heterocycles. The molecule has 0 fully saturated rings. The highest BCUT2D eigenvalue weighted by Crippen LogP contribution is 2.41. The number of aromatic nitrogens is 6. The van der Waals surface area contributed by atoms with E-state index < -0.39 is 11.8 Å². The van der Waals surface area contributed by atoms with E-state index in [-0.39, 0.29) is 71.0 Å². The Kier molecular flexibility index (Phi) is 8.28. The van der Waals surface area contributed by atoms with Crippen LogP contribution in [-0.2, 0) is 6.54 Å². The van der Waals surface area contributed by atoms with Gasteiger partial charge in [0.25, 0.3) is 11.8 Å². The number of amides is 2. The average Bonchev–Trinajstić information content (AvgIpc) is 3.60. The summed E-state index contributed by atoms with van der Waals surface area (Å²) in [5.41, 5.74) is 1.95. The van der Waals surface area contributed by atoms with Gasteiger partial charge < -0.3 is 10.6 Å². The number of fused-ring (bicyclic) bond motifs is 1. The van der Waals surface area contributed by atoms with Gasteiger partial charge in [-0.3, -0.25) is 9.59 Å². The fourth-order valence-electron chi connectivity index (χ4n) is 4.13. The number of rotatable bonds is 6. The Morgan fingerprint density at radius 2 is 1.62 bits per heavy atom. The lowest BCUT2D eigenvalue weighted by Gasteiger charge is -2.14. The fraction of sp³-hybridized carbons (Fsp3) is 0.115. The normalized spacial score (nSPS) is 11.0. The molecule has 0 aliphatic carbocycles. The van der Waals surface area contributed by atoms with Crippen molar-refractivity contribution in [2.24, 2.45) is 0 Å². The number of carbonyl (C=O) groups excluding carboxylic acids is 2. The van der Waals surface area contributed by atoms with Crippen LogP contribution in [0.4, 0.5) is 5.69 Å². The van der Waals surface area contributed by atoms with E-state index in [9.17, 15) is 14.9 Å². The molecule has 11 nitrogen and oxygen atoms in total. The first-order valence-electron chi connectivity index (χ1n) is 11.9. The summed E-state index contributed by atoms with van der Waals surface area (Å²) in [4.78, 5) is 31.9. The lowest BCUT2D eigenvalue weighted by molar-refractivity contribution is 0.0964. The predicted octanol–water partition coefficient (Wildman–Crippen LogP) is 6.12. The number of nitriles is 1. The lowest BCUT2D eigenvalue weighted by atomic mass is 10.0. The molecule has 3 aromatic heterocycles. The summed E-state index contributed by atoms with van der Waals surface area (Å²) in [6.07, 6.45) is 1.50. The van der Waals surface area contributed by atoms with E-state index in [2.05, 4.69) is 30.9 Å². The third-order valence-electron chi connectivity index (χ3n) is 6.06. The maximum absolute atomic E-state index is 13.7. The summed E-state index contributed by atoms with van der Waals surface area (Å²) in [5.74, 6) is -0.930. The third-order valence-corrected chi connectivity index (χ3v) is 8.14. The molecular weight excluding hydrogens is 648 g/mol. The van der Waals surface area contributed by atoms with Crippen LogP contribution in [0.2, 0.25) is 25.1 Å². The number of benzene rings is 2. The fourth-order valence-corrected chi connectivity index (χ4v) is 5.24. The summed E-state index contributed by atoms with van der Waals surface area (Å²) in [6.45, 7) is 1.65. The molecule has 0 aliphatic rings. The Hall–Kier alpha value is -3.92. The van der Waals surface area contributed by atoms with Crippen LogP contribution in [0.3, 0.4) is 0 Å². The predicted molar refractivity (Wildman–Crippen MR) is 160 cm³/mol. The molecule has 0 unspecified atom stereocenters. The van der Waals surface area contributed by atoms with Gasteiger partial charge in [0.2, 0.25) is 0 Å². The van der Waals surface area contributed by atoms with Gasteiger partial charge in [-0.25, -0.2) is 9.67 Å². The highest BCUT2D eigenvalue weighted by Gasteiger charge is 2.24. The first-order valence-corrected chi connectivity index (χ1v) is 13.8. The van der Waals surface area contributed by atoms with Gasteiger partial charge in [0.15, 0.2) is 5.82 Å². The van der Waals surface area contributed by atoms with Crippen LogP contribution < -0.4 is 10.6 Å². The zero-order chi connectivity index (χ0) is 30.3. The average molecular weight is 664 g/mol. The second kappa shape index (κ2) is 11.8. The second-order valence-electron chi connectivity index (χ2n) is 8.79. The van der Waals surface area contributed by atoms with E-state index in [1.807, 2.05) is 6.07 Å². The quantitative estimate of drug-likeness (QED) is 0.165. The van der Waals surface area contributed by atoms with Gasteiger partial charge in [-0.1, -0.05) is 58.0 Å². The Morgan fingerprint density at radius 3 is 2.21 bits per heavy atom. The van der Waals surface area contributed by atoms with E-state index in [0.29, 0.717) is 11.3 Å². The SMILES string of the molecule is CNC(=O)c1cc(C#N)cc(C)c1NC(=O)c1cc(Cn2nc3c(Cl)c(Cl)c(Cl)c(Cl)c3n2)nn1-c1ncccc1Cl. The van der Waals surface area contributed by atoms with Crippen LogP contribution in [0.15, 0.2) is 36.5 Å². The molecule has 0 saturated carbocycles. The molecule has 0 aliphatic heterocycles. The maximum atomic E-state index is 13.7. The van der Waals surface area contributed by atoms with Crippen LogP contribution in [0.1, 0.15) is 37.7 Å². The number of hydrogen-bond donors (Lipinski definition) is 2. The molecule has 0 saturated heterocycles. The molecule has 2 amide bonds. The molecular formula is C26H16Cl5N9O2. The molecule has 212 valence electrons. The van der Waals surface area contributed by atoms with Gasteiger partial charge in [0.1, 0.15) is 23.3 Å². The summed E-state index contributed by atoms with van der Waals surface area (Å²) < 4.78 is 1.27. The van der Waals surface area contributed by atoms with E-state index in [0.717, 1.165) is 0 Å². The van der Waals surface area contributed by atoms with Gasteiger partial charge in [0, 0.05) is 13.2 Å². The zero-order valence-corrected chi connectivity index (χ0v) is 25.3. The molecule has 2 N–H and O–H groups in total. The zero-order valence-electron chi connectivity index (χ0n) is 21.5. The smallest absolute Gasteiger partial charge is 0.274 e. The monoisotopic (exact) mass is 661 g/mol. The minimum Gasteiger partial charge on any atom is -0.355 e. The molecule has 42 heavy (non-hydrogen) atoms. The number of halogens is 5. The number of nitrogens with zero attached hydrogens (tertiary/aromatic N) is 7. The van der Waals surface area contributed by atoms with Gasteiger partial charge in [0.05, 0.1) is 53.7 Å². The number of anilines is 1. The van der Waals surface area contributed by atoms with Crippen molar-refractivity contribution in [2.75, 3.05) is 12.4 Å². The number of aryl methyl sites for hydroxylation is 1. The minimum atomic E-state index is -0.628. The highest BCUT2D eigenvalue weighted by atomic mass is 35.5. The molecule has 5 rings (SSSR count). The van der Waals surface area contributed by atoms with Crippen LogP contribution in [0.25, 0.3) is 16.9 Å². The van der Waals surface area contributed by atoms with Crippen LogP contribution in [0, 0.1) is 18.3 Å². The molecule has 5 aromatic rings. The first-order chi connectivity index (χ1) is 20.0. The molecule has 0 atom stereocenters. The number of hydrogen-bond acceptors (Lipinski definition) is 7. The van der Waals surface area contributed by atoms with E-state index >= 15 is 0 Å². The van der Waals surface area contributed by atoms with Crippen molar-refractivity contribution in [1.82, 2.24) is 35.1 Å². The van der Waals surface area contributed by atoms with Crippen molar-refractivity contribution < 1.29 is 9.59 Å².